The summed E-state index contributed by atoms with van der Waals surface area (Å²) in [5.74, 6) is -0.759. The molecule has 0 saturated heterocycles. The van der Waals surface area contributed by atoms with Crippen molar-refractivity contribution in [3.8, 4) is 11.3 Å². The highest BCUT2D eigenvalue weighted by Gasteiger charge is 2.16. The standard InChI is InChI=1S/C11H9NO2S2/c13-11(14)5-4-10-8(7-15-16-10)9-3-1-2-6-12-9/h1-3,6-7H,4-5H2/p+1. The summed E-state index contributed by atoms with van der Waals surface area (Å²) in [5.41, 5.74) is 1.98. The molecule has 0 aliphatic rings. The summed E-state index contributed by atoms with van der Waals surface area (Å²) in [6.45, 7) is 0. The van der Waals surface area contributed by atoms with Crippen LogP contribution in [-0.2, 0) is 11.2 Å². The first kappa shape index (κ1) is 11.2. The second-order valence-electron chi connectivity index (χ2n) is 3.24. The molecule has 5 heteroatoms. The number of aromatic nitrogens is 1. The first-order valence-electron chi connectivity index (χ1n) is 4.80. The van der Waals surface area contributed by atoms with Crippen LogP contribution in [-0.4, -0.2) is 16.1 Å². The average Bonchev–Trinajstić information content (AvgIpc) is 2.75. The lowest BCUT2D eigenvalue weighted by Gasteiger charge is -1.97. The fourth-order valence-corrected chi connectivity index (χ4v) is 3.70. The van der Waals surface area contributed by atoms with Crippen molar-refractivity contribution in [3.05, 3.63) is 34.7 Å². The van der Waals surface area contributed by atoms with Crippen molar-refractivity contribution in [3.63, 3.8) is 0 Å². The molecule has 3 nitrogen and oxygen atoms in total. The van der Waals surface area contributed by atoms with Crippen LogP contribution in [0.25, 0.3) is 11.3 Å². The SMILES string of the molecule is O=C(O)CCc1s[s+]cc1-c1ccccn1. The number of pyridine rings is 1. The minimum absolute atomic E-state index is 0.174. The van der Waals surface area contributed by atoms with Crippen molar-refractivity contribution in [2.75, 3.05) is 0 Å². The van der Waals surface area contributed by atoms with Gasteiger partial charge in [-0.25, -0.2) is 0 Å². The number of carboxylic acid groups (broad SMARTS) is 1. The Balaban J connectivity index is 2.23. The van der Waals surface area contributed by atoms with E-state index >= 15 is 0 Å². The number of nitrogens with zero attached hydrogens (tertiary/aromatic N) is 1. The highest BCUT2D eigenvalue weighted by molar-refractivity contribution is 7.69. The zero-order chi connectivity index (χ0) is 11.4. The van der Waals surface area contributed by atoms with Gasteiger partial charge in [-0.15, -0.1) is 0 Å². The van der Waals surface area contributed by atoms with Gasteiger partial charge < -0.3 is 5.11 Å². The highest BCUT2D eigenvalue weighted by Crippen LogP contribution is 2.31. The van der Waals surface area contributed by atoms with E-state index in [1.807, 2.05) is 23.6 Å². The van der Waals surface area contributed by atoms with Crippen LogP contribution >= 0.6 is 20.7 Å². The van der Waals surface area contributed by atoms with E-state index in [2.05, 4.69) is 4.98 Å². The summed E-state index contributed by atoms with van der Waals surface area (Å²) in [6.07, 6.45) is 2.50. The van der Waals surface area contributed by atoms with E-state index in [9.17, 15) is 4.79 Å². The molecule has 0 aliphatic carbocycles. The fraction of sp³-hybridized carbons (Fsp3) is 0.182. The van der Waals surface area contributed by atoms with Crippen molar-refractivity contribution in [1.29, 1.82) is 0 Å². The van der Waals surface area contributed by atoms with E-state index in [-0.39, 0.29) is 6.42 Å². The first-order chi connectivity index (χ1) is 7.77. The molecule has 1 N–H and O–H groups in total. The van der Waals surface area contributed by atoms with Crippen LogP contribution in [0.1, 0.15) is 11.3 Å². The van der Waals surface area contributed by atoms with Gasteiger partial charge in [0.15, 0.2) is 10.3 Å². The van der Waals surface area contributed by atoms with Crippen molar-refractivity contribution in [2.45, 2.75) is 12.8 Å². The quantitative estimate of drug-likeness (QED) is 0.671. The molecule has 2 aromatic heterocycles. The predicted molar refractivity (Wildman–Crippen MR) is 65.8 cm³/mol. The van der Waals surface area contributed by atoms with Crippen LogP contribution < -0.4 is 0 Å². The van der Waals surface area contributed by atoms with Crippen molar-refractivity contribution in [2.24, 2.45) is 0 Å². The number of hydrogen-bond donors (Lipinski definition) is 1. The first-order valence-corrected chi connectivity index (χ1v) is 7.01. The van der Waals surface area contributed by atoms with Crippen LogP contribution in [0.3, 0.4) is 0 Å². The van der Waals surface area contributed by atoms with E-state index in [1.165, 1.54) is 0 Å². The number of carbonyl (C=O) groups is 1. The van der Waals surface area contributed by atoms with Gasteiger partial charge in [-0.2, -0.15) is 0 Å². The monoisotopic (exact) mass is 252 g/mol. The van der Waals surface area contributed by atoms with Gasteiger partial charge in [0.2, 0.25) is 5.38 Å². The molecule has 82 valence electrons. The smallest absolute Gasteiger partial charge is 0.303 e. The third-order valence-electron chi connectivity index (χ3n) is 2.12. The van der Waals surface area contributed by atoms with E-state index in [0.29, 0.717) is 6.42 Å². The Hall–Kier alpha value is -1.33. The molecule has 0 atom stereocenters. The van der Waals surface area contributed by atoms with E-state index in [0.717, 1.165) is 16.1 Å². The molecular formula is C11H10NO2S2+. The summed E-state index contributed by atoms with van der Waals surface area (Å²) in [7, 11) is 3.25. The molecule has 0 aliphatic heterocycles. The molecule has 0 radical (unpaired) electrons. The third kappa shape index (κ3) is 2.62. The number of rotatable bonds is 4. The Morgan fingerprint density at radius 3 is 3.06 bits per heavy atom. The third-order valence-corrected chi connectivity index (χ3v) is 4.36. The number of carboxylic acids is 1. The van der Waals surface area contributed by atoms with Crippen molar-refractivity contribution < 1.29 is 9.90 Å². The maximum atomic E-state index is 10.5. The average molecular weight is 252 g/mol. The second-order valence-corrected chi connectivity index (χ2v) is 5.41. The number of aryl methyl sites for hydroxylation is 1. The molecule has 0 fully saturated rings. The Morgan fingerprint density at radius 1 is 1.50 bits per heavy atom. The van der Waals surface area contributed by atoms with Gasteiger partial charge in [-0.3, -0.25) is 9.78 Å². The minimum Gasteiger partial charge on any atom is -0.481 e. The molecule has 16 heavy (non-hydrogen) atoms. The summed E-state index contributed by atoms with van der Waals surface area (Å²) >= 11 is 0. The Bertz CT molecular complexity index is 482. The second kappa shape index (κ2) is 5.14. The molecule has 0 amide bonds. The lowest BCUT2D eigenvalue weighted by Crippen LogP contribution is -1.97. The zero-order valence-corrected chi connectivity index (χ0v) is 10.1. The Labute approximate surface area is 100 Å². The largest absolute Gasteiger partial charge is 0.481 e. The summed E-state index contributed by atoms with van der Waals surface area (Å²) in [5, 5.41) is 10.7. The number of hydrogen-bond acceptors (Lipinski definition) is 3. The summed E-state index contributed by atoms with van der Waals surface area (Å²) in [4.78, 5) is 15.9. The molecule has 0 saturated carbocycles. The van der Waals surface area contributed by atoms with Gasteiger partial charge in [-0.1, -0.05) is 6.07 Å². The molecular weight excluding hydrogens is 242 g/mol. The van der Waals surface area contributed by atoms with E-state index in [4.69, 9.17) is 5.11 Å². The van der Waals surface area contributed by atoms with Gasteiger partial charge in [0.1, 0.15) is 0 Å². The van der Waals surface area contributed by atoms with Gasteiger partial charge in [-0.05, 0) is 18.6 Å². The molecule has 2 rings (SSSR count). The van der Waals surface area contributed by atoms with Gasteiger partial charge >= 0.3 is 5.97 Å². The van der Waals surface area contributed by atoms with Crippen LogP contribution in [0.5, 0.6) is 0 Å². The maximum absolute atomic E-state index is 10.5. The van der Waals surface area contributed by atoms with Crippen molar-refractivity contribution in [1.82, 2.24) is 4.98 Å². The van der Waals surface area contributed by atoms with Gasteiger partial charge in [0.05, 0.1) is 22.6 Å². The lowest BCUT2D eigenvalue weighted by atomic mass is 10.1. The molecule has 0 spiro atoms. The van der Waals surface area contributed by atoms with Crippen molar-refractivity contribution >= 4 is 26.7 Å². The maximum Gasteiger partial charge on any atom is 0.303 e. The summed E-state index contributed by atoms with van der Waals surface area (Å²) in [6, 6.07) is 5.75. The molecule has 2 aromatic rings. The van der Waals surface area contributed by atoms with E-state index in [1.54, 1.807) is 26.9 Å². The molecule has 0 bridgehead atoms. The normalized spacial score (nSPS) is 10.2. The molecule has 0 unspecified atom stereocenters. The Morgan fingerprint density at radius 2 is 2.38 bits per heavy atom. The fourth-order valence-electron chi connectivity index (χ4n) is 1.36. The minimum atomic E-state index is -0.759. The predicted octanol–water partition coefficient (Wildman–Crippen LogP) is 3.17. The van der Waals surface area contributed by atoms with Crippen LogP contribution in [0.15, 0.2) is 29.8 Å². The highest BCUT2D eigenvalue weighted by atomic mass is 32.9. The zero-order valence-electron chi connectivity index (χ0n) is 8.42. The Kier molecular flexibility index (Phi) is 3.58. The molecule has 2 heterocycles. The van der Waals surface area contributed by atoms with Gasteiger partial charge in [0, 0.05) is 6.20 Å². The number of aliphatic carboxylic acids is 1. The molecule has 0 aromatic carbocycles. The van der Waals surface area contributed by atoms with Crippen LogP contribution in [0.2, 0.25) is 0 Å². The van der Waals surface area contributed by atoms with E-state index < -0.39 is 5.97 Å². The van der Waals surface area contributed by atoms with Gasteiger partial charge in [0.25, 0.3) is 10.3 Å². The van der Waals surface area contributed by atoms with Crippen LogP contribution in [0, 0.1) is 0 Å². The lowest BCUT2D eigenvalue weighted by molar-refractivity contribution is -0.136. The summed E-state index contributed by atoms with van der Waals surface area (Å²) < 4.78 is 0. The van der Waals surface area contributed by atoms with Crippen LogP contribution in [0.4, 0.5) is 0 Å². The topological polar surface area (TPSA) is 50.2 Å².